The van der Waals surface area contributed by atoms with E-state index >= 15 is 0 Å². The minimum Gasteiger partial charge on any atom is -0.290 e. The van der Waals surface area contributed by atoms with E-state index in [9.17, 15) is 0 Å². The number of nitrogens with zero attached hydrogens (tertiary/aromatic N) is 3. The largest absolute Gasteiger partial charge is 0.290 e. The summed E-state index contributed by atoms with van der Waals surface area (Å²) in [4.78, 5) is 0. The molecule has 0 spiro atoms. The second-order valence-corrected chi connectivity index (χ2v) is 5.99. The highest BCUT2D eigenvalue weighted by Crippen LogP contribution is 2.26. The van der Waals surface area contributed by atoms with Gasteiger partial charge in [-0.3, -0.25) is 5.10 Å². The first-order valence-corrected chi connectivity index (χ1v) is 7.70. The van der Waals surface area contributed by atoms with Gasteiger partial charge in [0.05, 0.1) is 5.69 Å². The van der Waals surface area contributed by atoms with Crippen LogP contribution in [0.5, 0.6) is 0 Å². The van der Waals surface area contributed by atoms with Crippen molar-refractivity contribution in [1.29, 1.82) is 0 Å². The number of aryl methyl sites for hydroxylation is 3. The summed E-state index contributed by atoms with van der Waals surface area (Å²) in [6.45, 7) is 6.22. The van der Waals surface area contributed by atoms with Crippen LogP contribution in [0.1, 0.15) is 17.0 Å². The summed E-state index contributed by atoms with van der Waals surface area (Å²) in [5.41, 5.74) is 8.15. The van der Waals surface area contributed by atoms with E-state index in [-0.39, 0.29) is 0 Å². The Balaban J connectivity index is 1.70. The molecule has 0 radical (unpaired) electrons. The average molecular weight is 302 g/mol. The Morgan fingerprint density at radius 2 is 1.43 bits per heavy atom. The maximum Gasteiger partial charge on any atom is 0.177 e. The number of hydrogen-bond donors (Lipinski definition) is 1. The van der Waals surface area contributed by atoms with Crippen molar-refractivity contribution >= 4 is 5.65 Å². The quantitative estimate of drug-likeness (QED) is 0.599. The molecule has 4 rings (SSSR count). The van der Waals surface area contributed by atoms with Crippen LogP contribution in [0.25, 0.3) is 28.0 Å². The first kappa shape index (κ1) is 13.8. The van der Waals surface area contributed by atoms with Gasteiger partial charge < -0.3 is 0 Å². The van der Waals surface area contributed by atoms with Gasteiger partial charge in [-0.05, 0) is 48.6 Å². The lowest BCUT2D eigenvalue weighted by Crippen LogP contribution is -1.89. The predicted octanol–water partition coefficient (Wildman–Crippen LogP) is 4.32. The standard InChI is InChI=1S/C19H18N4/c1-12-4-5-17(10-13(12)2)15-6-8-16(9-7-15)18-11-19-21-20-14(3)23(19)22-18/h4-11,22H,1-3H3. The molecule has 1 N–H and O–H groups in total. The summed E-state index contributed by atoms with van der Waals surface area (Å²) < 4.78 is 1.90. The molecule has 0 atom stereocenters. The number of nitrogens with one attached hydrogen (secondary N) is 1. The van der Waals surface area contributed by atoms with E-state index in [0.717, 1.165) is 22.7 Å². The van der Waals surface area contributed by atoms with Crippen LogP contribution in [0.4, 0.5) is 0 Å². The number of aromatic amines is 1. The van der Waals surface area contributed by atoms with Crippen molar-refractivity contribution in [3.63, 3.8) is 0 Å². The maximum absolute atomic E-state index is 4.13. The Labute approximate surface area is 134 Å². The number of H-pyrrole nitrogens is 1. The molecule has 0 saturated carbocycles. The Hall–Kier alpha value is -2.88. The van der Waals surface area contributed by atoms with E-state index in [4.69, 9.17) is 0 Å². The zero-order valence-corrected chi connectivity index (χ0v) is 13.5. The molecule has 4 nitrogen and oxygen atoms in total. The zero-order valence-electron chi connectivity index (χ0n) is 13.5. The molecular formula is C19H18N4. The van der Waals surface area contributed by atoms with Gasteiger partial charge in [-0.2, -0.15) is 0 Å². The van der Waals surface area contributed by atoms with Gasteiger partial charge in [-0.1, -0.05) is 42.5 Å². The summed E-state index contributed by atoms with van der Waals surface area (Å²) in [5.74, 6) is 0.859. The first-order chi connectivity index (χ1) is 11.1. The first-order valence-electron chi connectivity index (χ1n) is 7.70. The topological polar surface area (TPSA) is 46.0 Å². The highest BCUT2D eigenvalue weighted by Gasteiger charge is 2.08. The lowest BCUT2D eigenvalue weighted by molar-refractivity contribution is 0.897. The monoisotopic (exact) mass is 302 g/mol. The van der Waals surface area contributed by atoms with Gasteiger partial charge in [0, 0.05) is 6.07 Å². The molecule has 2 aromatic carbocycles. The van der Waals surface area contributed by atoms with Crippen LogP contribution >= 0.6 is 0 Å². The van der Waals surface area contributed by atoms with Crippen LogP contribution in [0.2, 0.25) is 0 Å². The fourth-order valence-electron chi connectivity index (χ4n) is 2.80. The van der Waals surface area contributed by atoms with Crippen LogP contribution in [0, 0.1) is 20.8 Å². The van der Waals surface area contributed by atoms with Gasteiger partial charge in [-0.15, -0.1) is 10.2 Å². The Bertz CT molecular complexity index is 990. The van der Waals surface area contributed by atoms with Crippen molar-refractivity contribution in [2.75, 3.05) is 0 Å². The van der Waals surface area contributed by atoms with Crippen molar-refractivity contribution in [3.8, 4) is 22.4 Å². The van der Waals surface area contributed by atoms with E-state index in [0.29, 0.717) is 0 Å². The van der Waals surface area contributed by atoms with Crippen LogP contribution in [0.3, 0.4) is 0 Å². The Morgan fingerprint density at radius 1 is 0.739 bits per heavy atom. The van der Waals surface area contributed by atoms with Crippen LogP contribution in [-0.4, -0.2) is 19.8 Å². The van der Waals surface area contributed by atoms with Gasteiger partial charge in [0.25, 0.3) is 0 Å². The van der Waals surface area contributed by atoms with E-state index in [1.807, 2.05) is 17.5 Å². The molecule has 4 aromatic rings. The molecule has 4 heteroatoms. The smallest absolute Gasteiger partial charge is 0.177 e. The molecule has 114 valence electrons. The second kappa shape index (κ2) is 5.09. The number of hydrogen-bond acceptors (Lipinski definition) is 2. The number of fused-ring (bicyclic) bond motifs is 1. The summed E-state index contributed by atoms with van der Waals surface area (Å²) in [6, 6.07) is 17.2. The third kappa shape index (κ3) is 2.32. The van der Waals surface area contributed by atoms with Crippen molar-refractivity contribution in [2.24, 2.45) is 0 Å². The van der Waals surface area contributed by atoms with Crippen molar-refractivity contribution in [3.05, 3.63) is 65.5 Å². The summed E-state index contributed by atoms with van der Waals surface area (Å²) in [6.07, 6.45) is 0. The van der Waals surface area contributed by atoms with E-state index in [2.05, 4.69) is 71.6 Å². The third-order valence-electron chi connectivity index (χ3n) is 4.39. The van der Waals surface area contributed by atoms with E-state index in [1.54, 1.807) is 0 Å². The van der Waals surface area contributed by atoms with Gasteiger partial charge in [0.15, 0.2) is 5.65 Å². The molecule has 0 aliphatic rings. The number of rotatable bonds is 2. The van der Waals surface area contributed by atoms with Crippen LogP contribution in [0.15, 0.2) is 48.5 Å². The molecule has 0 unspecified atom stereocenters. The SMILES string of the molecule is Cc1ccc(-c2ccc(-c3cc4nnc(C)n4[nH]3)cc2)cc1C. The van der Waals surface area contributed by atoms with Crippen molar-refractivity contribution < 1.29 is 0 Å². The fraction of sp³-hybridized carbons (Fsp3) is 0.158. The van der Waals surface area contributed by atoms with Gasteiger partial charge in [0.2, 0.25) is 0 Å². The molecule has 0 aliphatic carbocycles. The third-order valence-corrected chi connectivity index (χ3v) is 4.39. The van der Waals surface area contributed by atoms with Crippen molar-refractivity contribution in [1.82, 2.24) is 19.8 Å². The lowest BCUT2D eigenvalue weighted by atomic mass is 9.99. The maximum atomic E-state index is 4.13. The minimum absolute atomic E-state index is 0.843. The molecule has 0 aliphatic heterocycles. The average Bonchev–Trinajstić information content (AvgIpc) is 3.13. The van der Waals surface area contributed by atoms with Crippen LogP contribution in [-0.2, 0) is 0 Å². The fourth-order valence-corrected chi connectivity index (χ4v) is 2.80. The molecule has 0 amide bonds. The lowest BCUT2D eigenvalue weighted by Gasteiger charge is -2.06. The molecule has 2 aromatic heterocycles. The van der Waals surface area contributed by atoms with E-state index in [1.165, 1.54) is 22.3 Å². The van der Waals surface area contributed by atoms with Gasteiger partial charge >= 0.3 is 0 Å². The summed E-state index contributed by atoms with van der Waals surface area (Å²) in [5, 5.41) is 11.5. The van der Waals surface area contributed by atoms with Gasteiger partial charge in [-0.25, -0.2) is 4.52 Å². The highest BCUT2D eigenvalue weighted by molar-refractivity contribution is 5.71. The number of aromatic nitrogens is 4. The number of benzene rings is 2. The molecular weight excluding hydrogens is 284 g/mol. The summed E-state index contributed by atoms with van der Waals surface area (Å²) in [7, 11) is 0. The predicted molar refractivity (Wildman–Crippen MR) is 92.4 cm³/mol. The van der Waals surface area contributed by atoms with Crippen molar-refractivity contribution in [2.45, 2.75) is 20.8 Å². The molecule has 23 heavy (non-hydrogen) atoms. The minimum atomic E-state index is 0.843. The molecule has 0 bridgehead atoms. The second-order valence-electron chi connectivity index (χ2n) is 5.99. The molecule has 2 heterocycles. The normalized spacial score (nSPS) is 11.3. The Kier molecular flexibility index (Phi) is 3.05. The zero-order chi connectivity index (χ0) is 16.0. The van der Waals surface area contributed by atoms with Gasteiger partial charge in [0.1, 0.15) is 5.82 Å². The molecule has 0 saturated heterocycles. The Morgan fingerprint density at radius 3 is 2.13 bits per heavy atom. The van der Waals surface area contributed by atoms with E-state index < -0.39 is 0 Å². The summed E-state index contributed by atoms with van der Waals surface area (Å²) >= 11 is 0. The molecule has 0 fully saturated rings. The highest BCUT2D eigenvalue weighted by atomic mass is 15.4. The van der Waals surface area contributed by atoms with Crippen LogP contribution < -0.4 is 0 Å².